The molecule has 0 saturated heterocycles. The van der Waals surface area contributed by atoms with Gasteiger partial charge in [-0.1, -0.05) is 23.8 Å². The predicted octanol–water partition coefficient (Wildman–Crippen LogP) is 3.71. The minimum Gasteiger partial charge on any atom is -0.481 e. The second-order valence-corrected chi connectivity index (χ2v) is 7.22. The highest BCUT2D eigenvalue weighted by atomic mass is 35.5. The molecule has 0 aliphatic heterocycles. The first-order valence-corrected chi connectivity index (χ1v) is 8.80. The van der Waals surface area contributed by atoms with E-state index in [1.807, 2.05) is 12.2 Å². The Balaban J connectivity index is 2.30. The number of benzene rings is 1. The lowest BCUT2D eigenvalue weighted by Gasteiger charge is -2.03. The zero-order valence-corrected chi connectivity index (χ0v) is 13.2. The largest absolute Gasteiger partial charge is 0.481 e. The number of carboxylic acids is 1. The number of carbonyl (C=O) groups is 1. The molecular formula is C15H19ClO4S. The molecule has 0 amide bonds. The Hall–Kier alpha value is -1.33. The monoisotopic (exact) mass is 330 g/mol. The third kappa shape index (κ3) is 7.29. The zero-order valence-electron chi connectivity index (χ0n) is 11.7. The molecular weight excluding hydrogens is 312 g/mol. The molecule has 0 aliphatic rings. The number of aliphatic carboxylic acids is 1. The molecule has 1 N–H and O–H groups in total. The van der Waals surface area contributed by atoms with Crippen molar-refractivity contribution in [3.05, 3.63) is 41.4 Å². The number of sulfone groups is 1. The van der Waals surface area contributed by atoms with Crippen molar-refractivity contribution >= 4 is 27.4 Å². The SMILES string of the molecule is O=C(O)CCC/C=C\CCCS(=O)(=O)c1ccc(Cl)cc1. The normalized spacial score (nSPS) is 11.9. The lowest BCUT2D eigenvalue weighted by molar-refractivity contribution is -0.137. The van der Waals surface area contributed by atoms with Crippen LogP contribution >= 0.6 is 11.6 Å². The quantitative estimate of drug-likeness (QED) is 0.553. The summed E-state index contributed by atoms with van der Waals surface area (Å²) in [4.78, 5) is 10.6. The van der Waals surface area contributed by atoms with E-state index >= 15 is 0 Å². The Bertz CT molecular complexity index is 576. The van der Waals surface area contributed by atoms with Crippen LogP contribution in [0.3, 0.4) is 0 Å². The Morgan fingerprint density at radius 1 is 1.10 bits per heavy atom. The molecule has 4 nitrogen and oxygen atoms in total. The van der Waals surface area contributed by atoms with Gasteiger partial charge >= 0.3 is 5.97 Å². The molecule has 0 unspecified atom stereocenters. The van der Waals surface area contributed by atoms with Crippen molar-refractivity contribution < 1.29 is 18.3 Å². The highest BCUT2D eigenvalue weighted by Gasteiger charge is 2.12. The fourth-order valence-electron chi connectivity index (χ4n) is 1.76. The van der Waals surface area contributed by atoms with Gasteiger partial charge in [0.1, 0.15) is 0 Å². The van der Waals surface area contributed by atoms with Crippen molar-refractivity contribution in [2.45, 2.75) is 37.0 Å². The maximum atomic E-state index is 12.0. The third-order valence-corrected chi connectivity index (χ3v) is 4.95. The van der Waals surface area contributed by atoms with Crippen LogP contribution in [-0.2, 0) is 14.6 Å². The summed E-state index contributed by atoms with van der Waals surface area (Å²) in [5.41, 5.74) is 0. The van der Waals surface area contributed by atoms with Crippen molar-refractivity contribution in [2.24, 2.45) is 0 Å². The highest BCUT2D eigenvalue weighted by molar-refractivity contribution is 7.91. The standard InChI is InChI=1S/C15H19ClO4S/c16-13-8-10-14(11-9-13)21(19,20)12-6-4-2-1-3-5-7-15(17)18/h1-2,8-11H,3-7,12H2,(H,17,18)/b2-1-. The average Bonchev–Trinajstić information content (AvgIpc) is 2.42. The van der Waals surface area contributed by atoms with Crippen molar-refractivity contribution in [1.82, 2.24) is 0 Å². The van der Waals surface area contributed by atoms with Crippen LogP contribution in [0.5, 0.6) is 0 Å². The van der Waals surface area contributed by atoms with E-state index in [1.54, 1.807) is 12.1 Å². The summed E-state index contributed by atoms with van der Waals surface area (Å²) in [6.45, 7) is 0. The number of rotatable bonds is 9. The maximum absolute atomic E-state index is 12.0. The number of hydrogen-bond acceptors (Lipinski definition) is 3. The molecule has 0 aromatic heterocycles. The Kier molecular flexibility index (Phi) is 7.47. The van der Waals surface area contributed by atoms with Crippen LogP contribution in [0.25, 0.3) is 0 Å². The fraction of sp³-hybridized carbons (Fsp3) is 0.400. The van der Waals surface area contributed by atoms with Gasteiger partial charge in [0.15, 0.2) is 9.84 Å². The molecule has 0 fully saturated rings. The van der Waals surface area contributed by atoms with Gasteiger partial charge in [0.2, 0.25) is 0 Å². The summed E-state index contributed by atoms with van der Waals surface area (Å²) in [6.07, 6.45) is 6.48. The summed E-state index contributed by atoms with van der Waals surface area (Å²) in [5, 5.41) is 8.98. The molecule has 0 bridgehead atoms. The molecule has 116 valence electrons. The molecule has 6 heteroatoms. The molecule has 0 atom stereocenters. The van der Waals surface area contributed by atoms with Gasteiger partial charge in [-0.05, 0) is 49.9 Å². The van der Waals surface area contributed by atoms with E-state index in [9.17, 15) is 13.2 Å². The van der Waals surface area contributed by atoms with Crippen LogP contribution in [0.15, 0.2) is 41.3 Å². The van der Waals surface area contributed by atoms with E-state index in [0.717, 1.165) is 0 Å². The van der Waals surface area contributed by atoms with Crippen LogP contribution in [0.2, 0.25) is 5.02 Å². The van der Waals surface area contributed by atoms with Crippen LogP contribution in [-0.4, -0.2) is 25.2 Å². The predicted molar refractivity (Wildman–Crippen MR) is 83.4 cm³/mol. The van der Waals surface area contributed by atoms with Crippen LogP contribution < -0.4 is 0 Å². The lowest BCUT2D eigenvalue weighted by Crippen LogP contribution is -2.06. The summed E-state index contributed by atoms with van der Waals surface area (Å²) < 4.78 is 24.0. The first-order valence-electron chi connectivity index (χ1n) is 6.77. The minimum absolute atomic E-state index is 0.0914. The molecule has 0 saturated carbocycles. The average molecular weight is 331 g/mol. The fourth-order valence-corrected chi connectivity index (χ4v) is 3.22. The minimum atomic E-state index is -3.26. The molecule has 21 heavy (non-hydrogen) atoms. The van der Waals surface area contributed by atoms with Gasteiger partial charge in [-0.15, -0.1) is 0 Å². The number of halogens is 1. The van der Waals surface area contributed by atoms with E-state index in [1.165, 1.54) is 12.1 Å². The van der Waals surface area contributed by atoms with E-state index in [2.05, 4.69) is 0 Å². The van der Waals surface area contributed by atoms with Gasteiger partial charge < -0.3 is 5.11 Å². The van der Waals surface area contributed by atoms with Gasteiger partial charge in [-0.25, -0.2) is 8.42 Å². The third-order valence-electron chi connectivity index (χ3n) is 2.88. The number of allylic oxidation sites excluding steroid dienone is 2. The lowest BCUT2D eigenvalue weighted by atomic mass is 10.2. The summed E-state index contributed by atoms with van der Waals surface area (Å²) >= 11 is 5.73. The van der Waals surface area contributed by atoms with Crippen molar-refractivity contribution in [3.63, 3.8) is 0 Å². The molecule has 0 radical (unpaired) electrons. The molecule has 0 heterocycles. The topological polar surface area (TPSA) is 71.4 Å². The van der Waals surface area contributed by atoms with Crippen LogP contribution in [0, 0.1) is 0 Å². The van der Waals surface area contributed by atoms with E-state index in [-0.39, 0.29) is 17.1 Å². The van der Waals surface area contributed by atoms with E-state index in [4.69, 9.17) is 16.7 Å². The van der Waals surface area contributed by atoms with Gasteiger partial charge in [-0.2, -0.15) is 0 Å². The van der Waals surface area contributed by atoms with Crippen LogP contribution in [0.4, 0.5) is 0 Å². The molecule has 1 aromatic carbocycles. The van der Waals surface area contributed by atoms with Gasteiger partial charge in [0.05, 0.1) is 10.6 Å². The summed E-state index contributed by atoms with van der Waals surface area (Å²) in [6, 6.07) is 6.16. The first-order chi connectivity index (χ1) is 9.92. The highest BCUT2D eigenvalue weighted by Crippen LogP contribution is 2.16. The van der Waals surface area contributed by atoms with Crippen molar-refractivity contribution in [3.8, 4) is 0 Å². The summed E-state index contributed by atoms with van der Waals surface area (Å²) in [7, 11) is -3.26. The van der Waals surface area contributed by atoms with Crippen molar-refractivity contribution in [1.29, 1.82) is 0 Å². The molecule has 0 aliphatic carbocycles. The summed E-state index contributed by atoms with van der Waals surface area (Å²) in [5.74, 6) is -0.703. The molecule has 1 rings (SSSR count). The second kappa shape index (κ2) is 8.85. The number of unbranched alkanes of at least 4 members (excludes halogenated alkanes) is 2. The Morgan fingerprint density at radius 3 is 2.24 bits per heavy atom. The number of hydrogen-bond donors (Lipinski definition) is 1. The van der Waals surface area contributed by atoms with Crippen LogP contribution in [0.1, 0.15) is 32.1 Å². The Morgan fingerprint density at radius 2 is 1.67 bits per heavy atom. The second-order valence-electron chi connectivity index (χ2n) is 4.67. The molecule has 0 spiro atoms. The zero-order chi connectivity index (χ0) is 15.7. The maximum Gasteiger partial charge on any atom is 0.303 e. The smallest absolute Gasteiger partial charge is 0.303 e. The van der Waals surface area contributed by atoms with E-state index < -0.39 is 15.8 Å². The van der Waals surface area contributed by atoms with Gasteiger partial charge in [0.25, 0.3) is 0 Å². The molecule has 1 aromatic rings. The first kappa shape index (κ1) is 17.7. The van der Waals surface area contributed by atoms with Gasteiger partial charge in [-0.3, -0.25) is 4.79 Å². The Labute approximate surface area is 130 Å². The number of carboxylic acid groups (broad SMARTS) is 1. The van der Waals surface area contributed by atoms with E-state index in [0.29, 0.717) is 30.7 Å². The van der Waals surface area contributed by atoms with Crippen molar-refractivity contribution in [2.75, 3.05) is 5.75 Å². The van der Waals surface area contributed by atoms with Gasteiger partial charge in [0, 0.05) is 11.4 Å².